The van der Waals surface area contributed by atoms with Crippen LogP contribution in [-0.4, -0.2) is 43.5 Å². The standard InChI is InChI=1S/C23H26FN3O2/c1-4-26-9-11-27(12-10-26)18-6-7-20(15(2)13-18)25-23(28)22-16(3)19-14-17(24)5-8-21(19)29-22/h5-8,13-14H,4,9-12H2,1-3H3,(H,25,28). The highest BCUT2D eigenvalue weighted by Gasteiger charge is 2.20. The lowest BCUT2D eigenvalue weighted by molar-refractivity contribution is 0.0998. The Bertz CT molecular complexity index is 1050. The highest BCUT2D eigenvalue weighted by molar-refractivity contribution is 6.06. The van der Waals surface area contributed by atoms with Gasteiger partial charge in [-0.3, -0.25) is 4.79 Å². The van der Waals surface area contributed by atoms with Gasteiger partial charge in [-0.05, 0) is 62.4 Å². The molecule has 0 radical (unpaired) electrons. The summed E-state index contributed by atoms with van der Waals surface area (Å²) in [4.78, 5) is 17.6. The van der Waals surface area contributed by atoms with Gasteiger partial charge in [-0.15, -0.1) is 0 Å². The van der Waals surface area contributed by atoms with E-state index in [-0.39, 0.29) is 17.5 Å². The van der Waals surface area contributed by atoms with Crippen LogP contribution in [0.25, 0.3) is 11.0 Å². The number of amides is 1. The smallest absolute Gasteiger partial charge is 0.291 e. The first-order chi connectivity index (χ1) is 14.0. The van der Waals surface area contributed by atoms with Crippen LogP contribution in [-0.2, 0) is 0 Å². The van der Waals surface area contributed by atoms with Crippen molar-refractivity contribution in [1.82, 2.24) is 4.90 Å². The average molecular weight is 395 g/mol. The number of nitrogens with one attached hydrogen (secondary N) is 1. The molecule has 1 N–H and O–H groups in total. The monoisotopic (exact) mass is 395 g/mol. The van der Waals surface area contributed by atoms with Crippen LogP contribution < -0.4 is 10.2 Å². The number of rotatable bonds is 4. The number of carbonyl (C=O) groups excluding carboxylic acids is 1. The van der Waals surface area contributed by atoms with Gasteiger partial charge in [0, 0.05) is 48.5 Å². The van der Waals surface area contributed by atoms with Crippen LogP contribution >= 0.6 is 0 Å². The van der Waals surface area contributed by atoms with E-state index in [0.717, 1.165) is 44.0 Å². The van der Waals surface area contributed by atoms with Crippen LogP contribution in [0.2, 0.25) is 0 Å². The van der Waals surface area contributed by atoms with Crippen LogP contribution in [0.4, 0.5) is 15.8 Å². The van der Waals surface area contributed by atoms with Gasteiger partial charge >= 0.3 is 0 Å². The van der Waals surface area contributed by atoms with E-state index in [1.807, 2.05) is 19.1 Å². The molecule has 0 aliphatic carbocycles. The molecule has 1 fully saturated rings. The zero-order valence-electron chi connectivity index (χ0n) is 17.1. The second-order valence-electron chi connectivity index (χ2n) is 7.57. The molecule has 6 heteroatoms. The first-order valence-electron chi connectivity index (χ1n) is 10.0. The Morgan fingerprint density at radius 3 is 2.55 bits per heavy atom. The number of nitrogens with zero attached hydrogens (tertiary/aromatic N) is 2. The molecule has 4 rings (SSSR count). The summed E-state index contributed by atoms with van der Waals surface area (Å²) in [7, 11) is 0. The highest BCUT2D eigenvalue weighted by Crippen LogP contribution is 2.28. The molecule has 0 saturated carbocycles. The Labute approximate surface area is 170 Å². The molecule has 2 aromatic carbocycles. The van der Waals surface area contributed by atoms with Crippen molar-refractivity contribution in [2.75, 3.05) is 42.9 Å². The SMILES string of the molecule is CCN1CCN(c2ccc(NC(=O)c3oc4ccc(F)cc4c3C)c(C)c2)CC1. The van der Waals surface area contributed by atoms with Crippen molar-refractivity contribution in [3.8, 4) is 0 Å². The number of furan rings is 1. The predicted octanol–water partition coefficient (Wildman–Crippen LogP) is 4.58. The van der Waals surface area contributed by atoms with E-state index in [2.05, 4.69) is 28.1 Å². The zero-order chi connectivity index (χ0) is 20.5. The Balaban J connectivity index is 1.51. The Kier molecular flexibility index (Phi) is 5.28. The van der Waals surface area contributed by atoms with E-state index in [1.54, 1.807) is 13.0 Å². The summed E-state index contributed by atoms with van der Waals surface area (Å²) in [5.74, 6) is -0.462. The Hall–Kier alpha value is -2.86. The van der Waals surface area contributed by atoms with Gasteiger partial charge in [0.05, 0.1) is 0 Å². The van der Waals surface area contributed by atoms with Crippen LogP contribution in [0, 0.1) is 19.7 Å². The van der Waals surface area contributed by atoms with Gasteiger partial charge in [0.2, 0.25) is 0 Å². The quantitative estimate of drug-likeness (QED) is 0.702. The van der Waals surface area contributed by atoms with E-state index in [0.29, 0.717) is 16.5 Å². The van der Waals surface area contributed by atoms with E-state index < -0.39 is 0 Å². The fourth-order valence-electron chi connectivity index (χ4n) is 3.90. The van der Waals surface area contributed by atoms with Crippen molar-refractivity contribution >= 4 is 28.3 Å². The maximum atomic E-state index is 13.5. The van der Waals surface area contributed by atoms with Crippen molar-refractivity contribution in [2.45, 2.75) is 20.8 Å². The van der Waals surface area contributed by atoms with Crippen LogP contribution in [0.5, 0.6) is 0 Å². The summed E-state index contributed by atoms with van der Waals surface area (Å²) in [6.07, 6.45) is 0. The number of halogens is 1. The Morgan fingerprint density at radius 1 is 1.10 bits per heavy atom. The molecule has 1 aromatic heterocycles. The van der Waals surface area contributed by atoms with Gasteiger partial charge in [0.15, 0.2) is 5.76 Å². The van der Waals surface area contributed by atoms with Gasteiger partial charge in [-0.1, -0.05) is 6.92 Å². The van der Waals surface area contributed by atoms with Gasteiger partial charge < -0.3 is 19.5 Å². The van der Waals surface area contributed by atoms with Crippen LogP contribution in [0.3, 0.4) is 0 Å². The van der Waals surface area contributed by atoms with Crippen molar-refractivity contribution in [2.24, 2.45) is 0 Å². The largest absolute Gasteiger partial charge is 0.451 e. The van der Waals surface area contributed by atoms with Crippen LogP contribution in [0.15, 0.2) is 40.8 Å². The number of hydrogen-bond donors (Lipinski definition) is 1. The number of piperazine rings is 1. The molecule has 0 unspecified atom stereocenters. The third-order valence-electron chi connectivity index (χ3n) is 5.75. The molecule has 1 aliphatic heterocycles. The number of carbonyl (C=O) groups is 1. The van der Waals surface area contributed by atoms with Crippen molar-refractivity contribution in [1.29, 1.82) is 0 Å². The molecule has 1 aliphatic rings. The van der Waals surface area contributed by atoms with E-state index in [1.165, 1.54) is 17.8 Å². The summed E-state index contributed by atoms with van der Waals surface area (Å²) in [5.41, 5.74) is 4.06. The molecule has 152 valence electrons. The van der Waals surface area contributed by atoms with E-state index in [4.69, 9.17) is 4.42 Å². The predicted molar refractivity (Wildman–Crippen MR) is 114 cm³/mol. The van der Waals surface area contributed by atoms with Crippen molar-refractivity contribution in [3.63, 3.8) is 0 Å². The van der Waals surface area contributed by atoms with Crippen LogP contribution in [0.1, 0.15) is 28.6 Å². The average Bonchev–Trinajstić information content (AvgIpc) is 3.05. The first-order valence-corrected chi connectivity index (χ1v) is 10.0. The summed E-state index contributed by atoms with van der Waals surface area (Å²) < 4.78 is 19.2. The van der Waals surface area contributed by atoms with E-state index >= 15 is 0 Å². The highest BCUT2D eigenvalue weighted by atomic mass is 19.1. The zero-order valence-corrected chi connectivity index (χ0v) is 17.1. The minimum absolute atomic E-state index is 0.213. The summed E-state index contributed by atoms with van der Waals surface area (Å²) in [6.45, 7) is 11.2. The van der Waals surface area contributed by atoms with Crippen molar-refractivity contribution < 1.29 is 13.6 Å². The molecule has 2 heterocycles. The molecular formula is C23H26FN3O2. The molecule has 0 bridgehead atoms. The fraction of sp³-hybridized carbons (Fsp3) is 0.348. The molecule has 1 saturated heterocycles. The number of benzene rings is 2. The van der Waals surface area contributed by atoms with Gasteiger partial charge in [0.25, 0.3) is 5.91 Å². The molecule has 0 spiro atoms. The number of likely N-dealkylation sites (N-methyl/N-ethyl adjacent to an activating group) is 1. The summed E-state index contributed by atoms with van der Waals surface area (Å²) in [5, 5.41) is 3.55. The first kappa shape index (κ1) is 19.5. The molecule has 5 nitrogen and oxygen atoms in total. The maximum Gasteiger partial charge on any atom is 0.291 e. The normalized spacial score (nSPS) is 15.1. The minimum atomic E-state index is -0.348. The maximum absolute atomic E-state index is 13.5. The molecule has 0 atom stereocenters. The third kappa shape index (κ3) is 3.85. The lowest BCUT2D eigenvalue weighted by Gasteiger charge is -2.35. The topological polar surface area (TPSA) is 48.7 Å². The van der Waals surface area contributed by atoms with Crippen molar-refractivity contribution in [3.05, 3.63) is 59.1 Å². The number of hydrogen-bond acceptors (Lipinski definition) is 4. The van der Waals surface area contributed by atoms with Gasteiger partial charge in [-0.25, -0.2) is 4.39 Å². The fourth-order valence-corrected chi connectivity index (χ4v) is 3.90. The third-order valence-corrected chi connectivity index (χ3v) is 5.75. The second kappa shape index (κ2) is 7.87. The number of aryl methyl sites for hydroxylation is 2. The lowest BCUT2D eigenvalue weighted by Crippen LogP contribution is -2.46. The van der Waals surface area contributed by atoms with E-state index in [9.17, 15) is 9.18 Å². The summed E-state index contributed by atoms with van der Waals surface area (Å²) in [6, 6.07) is 10.4. The van der Waals surface area contributed by atoms with Gasteiger partial charge in [0.1, 0.15) is 11.4 Å². The van der Waals surface area contributed by atoms with Gasteiger partial charge in [-0.2, -0.15) is 0 Å². The minimum Gasteiger partial charge on any atom is -0.451 e. The molecular weight excluding hydrogens is 369 g/mol. The molecule has 1 amide bonds. The lowest BCUT2D eigenvalue weighted by atomic mass is 10.1. The molecule has 29 heavy (non-hydrogen) atoms. The number of anilines is 2. The number of fused-ring (bicyclic) bond motifs is 1. The Morgan fingerprint density at radius 2 is 1.86 bits per heavy atom. The second-order valence-corrected chi connectivity index (χ2v) is 7.57. The summed E-state index contributed by atoms with van der Waals surface area (Å²) >= 11 is 0. The molecule has 3 aromatic rings.